The Hall–Kier alpha value is -3.09. The second-order valence-electron chi connectivity index (χ2n) is 22.2. The molecular weight excluding hydrogens is 1030 g/mol. The fraction of sp³-hybridized carbons (Fsp3) is 0.746. The van der Waals surface area contributed by atoms with Crippen molar-refractivity contribution < 1.29 is 64.6 Å². The average molecular weight is 1140 g/mol. The Bertz CT molecular complexity index is 1730. The number of carbonyl (C=O) groups excluding carboxylic acids is 1. The van der Waals surface area contributed by atoms with E-state index in [0.717, 1.165) is 103 Å². The Morgan fingerprint density at radius 1 is 0.457 bits per heavy atom. The minimum absolute atomic E-state index is 0.214. The molecule has 0 spiro atoms. The SMILES string of the molecule is CC/C=C\C/C=C\C/C=C\C/C=C\C/C=C\C/C=C\C/C=C\C/C=C\CCCCCCCCCCCCCCCCC(=O)NC(COC1OC(CO)C(OC2OC(CO)C(O)C(O)C2O)C(O)C1O)C(O)CCCCCCCCCC. The summed E-state index contributed by atoms with van der Waals surface area (Å²) in [4.78, 5) is 13.2. The molecule has 2 fully saturated rings. The molecule has 0 bridgehead atoms. The van der Waals surface area contributed by atoms with Crippen LogP contribution in [0.15, 0.2) is 97.2 Å². The van der Waals surface area contributed by atoms with Crippen LogP contribution in [0.4, 0.5) is 0 Å². The monoisotopic (exact) mass is 1140 g/mol. The Kier molecular flexibility index (Phi) is 46.9. The van der Waals surface area contributed by atoms with Crippen molar-refractivity contribution in [3.63, 3.8) is 0 Å². The van der Waals surface area contributed by atoms with E-state index in [-0.39, 0.29) is 12.5 Å². The summed E-state index contributed by atoms with van der Waals surface area (Å²) in [5.41, 5.74) is 0. The van der Waals surface area contributed by atoms with E-state index in [1.54, 1.807) is 0 Å². The molecule has 0 saturated carbocycles. The van der Waals surface area contributed by atoms with Crippen LogP contribution < -0.4 is 5.32 Å². The van der Waals surface area contributed by atoms with Gasteiger partial charge in [0, 0.05) is 6.42 Å². The molecule has 2 rings (SSSR count). The first kappa shape index (κ1) is 74.0. The van der Waals surface area contributed by atoms with Gasteiger partial charge < -0.3 is 65.1 Å². The zero-order valence-corrected chi connectivity index (χ0v) is 50.2. The molecule has 0 aromatic heterocycles. The van der Waals surface area contributed by atoms with Gasteiger partial charge in [0.1, 0.15) is 48.8 Å². The van der Waals surface area contributed by atoms with Gasteiger partial charge in [-0.05, 0) is 77.0 Å². The summed E-state index contributed by atoms with van der Waals surface area (Å²) in [6, 6.07) is -0.831. The van der Waals surface area contributed by atoms with Crippen LogP contribution in [0.5, 0.6) is 0 Å². The molecule has 0 aromatic rings. The molecule has 0 aromatic carbocycles. The first-order valence-electron chi connectivity index (χ1n) is 32.0. The van der Waals surface area contributed by atoms with Crippen molar-refractivity contribution >= 4 is 5.91 Å². The quantitative estimate of drug-likeness (QED) is 0.0204. The normalized spacial score (nSPS) is 24.8. The van der Waals surface area contributed by atoms with Crippen LogP contribution in [-0.2, 0) is 23.7 Å². The van der Waals surface area contributed by atoms with Crippen LogP contribution in [0, 0.1) is 0 Å². The van der Waals surface area contributed by atoms with Crippen molar-refractivity contribution in [3.8, 4) is 0 Å². The number of allylic oxidation sites excluding steroid dienone is 16. The number of aliphatic hydroxyl groups is 8. The third-order valence-corrected chi connectivity index (χ3v) is 15.1. The standard InChI is InChI=1S/C67H115NO13/c1-3-5-7-9-11-13-14-15-16-17-18-19-20-21-22-23-24-25-26-27-28-29-30-31-32-33-34-35-36-37-38-39-40-41-42-43-45-47-49-51-59(72)68-55(56(71)50-48-46-44-12-10-8-6-4-2)54-78-66-64(77)62(75)65(58(53-70)80-66)81-67-63(76)61(74)60(73)57(52-69)79-67/h5,7,11,13,15-16,18-19,21-22,24-25,27-28,30-31,55-58,60-67,69-71,73-77H,3-4,6,8-10,12,14,17,20,23,26,29,32-54H2,1-2H3,(H,68,72)/b7-5-,13-11-,16-15-,19-18-,22-21-,25-24-,28-27-,31-30-. The summed E-state index contributed by atoms with van der Waals surface area (Å²) >= 11 is 0. The molecule has 0 radical (unpaired) electrons. The summed E-state index contributed by atoms with van der Waals surface area (Å²) < 4.78 is 22.8. The molecule has 12 unspecified atom stereocenters. The second kappa shape index (κ2) is 51.3. The van der Waals surface area contributed by atoms with Crippen molar-refractivity contribution in [3.05, 3.63) is 97.2 Å². The van der Waals surface area contributed by atoms with Crippen LogP contribution in [0.3, 0.4) is 0 Å². The van der Waals surface area contributed by atoms with Crippen molar-refractivity contribution in [1.82, 2.24) is 5.32 Å². The predicted molar refractivity (Wildman–Crippen MR) is 327 cm³/mol. The van der Waals surface area contributed by atoms with Crippen LogP contribution in [0.1, 0.15) is 226 Å². The predicted octanol–water partition coefficient (Wildman–Crippen LogP) is 11.8. The van der Waals surface area contributed by atoms with Gasteiger partial charge in [0.15, 0.2) is 12.6 Å². The lowest BCUT2D eigenvalue weighted by Crippen LogP contribution is -2.65. The zero-order chi connectivity index (χ0) is 58.8. The van der Waals surface area contributed by atoms with E-state index >= 15 is 0 Å². The van der Waals surface area contributed by atoms with Crippen molar-refractivity contribution in [2.45, 2.75) is 299 Å². The van der Waals surface area contributed by atoms with E-state index in [1.807, 2.05) is 0 Å². The minimum Gasteiger partial charge on any atom is -0.394 e. The van der Waals surface area contributed by atoms with E-state index in [4.69, 9.17) is 18.9 Å². The highest BCUT2D eigenvalue weighted by molar-refractivity contribution is 5.76. The van der Waals surface area contributed by atoms with Crippen molar-refractivity contribution in [1.29, 1.82) is 0 Å². The molecule has 0 aliphatic carbocycles. The number of unbranched alkanes of at least 4 members (excludes halogenated alkanes) is 21. The lowest BCUT2D eigenvalue weighted by molar-refractivity contribution is -0.359. The van der Waals surface area contributed by atoms with Gasteiger partial charge in [0.05, 0.1) is 32.0 Å². The third kappa shape index (κ3) is 36.4. The first-order chi connectivity index (χ1) is 39.6. The van der Waals surface area contributed by atoms with E-state index in [1.165, 1.54) is 96.3 Å². The van der Waals surface area contributed by atoms with Gasteiger partial charge in [0.2, 0.25) is 5.91 Å². The number of carbonyl (C=O) groups is 1. The number of hydrogen-bond acceptors (Lipinski definition) is 13. The van der Waals surface area contributed by atoms with Gasteiger partial charge in [-0.3, -0.25) is 4.79 Å². The molecule has 12 atom stereocenters. The van der Waals surface area contributed by atoms with Gasteiger partial charge >= 0.3 is 0 Å². The minimum atomic E-state index is -1.78. The summed E-state index contributed by atoms with van der Waals surface area (Å²) in [6.07, 6.45) is 54.6. The van der Waals surface area contributed by atoms with Crippen molar-refractivity contribution in [2.75, 3.05) is 19.8 Å². The Morgan fingerprint density at radius 3 is 1.31 bits per heavy atom. The highest BCUT2D eigenvalue weighted by atomic mass is 16.7. The number of ether oxygens (including phenoxy) is 4. The molecule has 2 heterocycles. The van der Waals surface area contributed by atoms with E-state index in [2.05, 4.69) is 116 Å². The highest BCUT2D eigenvalue weighted by Gasteiger charge is 2.51. The Labute approximate surface area is 490 Å². The third-order valence-electron chi connectivity index (χ3n) is 15.1. The first-order valence-corrected chi connectivity index (χ1v) is 32.0. The Balaban J connectivity index is 1.55. The molecular formula is C67H115NO13. The number of rotatable bonds is 50. The van der Waals surface area contributed by atoms with Gasteiger partial charge in [-0.2, -0.15) is 0 Å². The molecule has 2 aliphatic heterocycles. The molecule has 1 amide bonds. The summed E-state index contributed by atoms with van der Waals surface area (Å²) in [5.74, 6) is -0.214. The maximum atomic E-state index is 13.2. The summed E-state index contributed by atoms with van der Waals surface area (Å²) in [6.45, 7) is 2.69. The zero-order valence-electron chi connectivity index (χ0n) is 50.2. The molecule has 9 N–H and O–H groups in total. The summed E-state index contributed by atoms with van der Waals surface area (Å²) in [7, 11) is 0. The average Bonchev–Trinajstić information content (AvgIpc) is 3.51. The lowest BCUT2D eigenvalue weighted by Gasteiger charge is -2.46. The smallest absolute Gasteiger partial charge is 0.220 e. The number of aliphatic hydroxyl groups excluding tert-OH is 8. The maximum absolute atomic E-state index is 13.2. The number of amides is 1. The molecule has 14 heteroatoms. The van der Waals surface area contributed by atoms with E-state index in [9.17, 15) is 45.6 Å². The highest BCUT2D eigenvalue weighted by Crippen LogP contribution is 2.30. The maximum Gasteiger partial charge on any atom is 0.220 e. The molecule has 2 aliphatic rings. The topological polar surface area (TPSA) is 228 Å². The number of nitrogens with one attached hydrogen (secondary N) is 1. The van der Waals surface area contributed by atoms with Crippen LogP contribution in [0.25, 0.3) is 0 Å². The molecule has 14 nitrogen and oxygen atoms in total. The molecule has 2 saturated heterocycles. The summed E-state index contributed by atoms with van der Waals surface area (Å²) in [5, 5.41) is 87.0. The van der Waals surface area contributed by atoms with Gasteiger partial charge in [-0.25, -0.2) is 0 Å². The van der Waals surface area contributed by atoms with E-state index in [0.29, 0.717) is 12.8 Å². The largest absolute Gasteiger partial charge is 0.394 e. The van der Waals surface area contributed by atoms with Gasteiger partial charge in [0.25, 0.3) is 0 Å². The fourth-order valence-electron chi connectivity index (χ4n) is 9.96. The van der Waals surface area contributed by atoms with Crippen LogP contribution in [0.2, 0.25) is 0 Å². The second-order valence-corrected chi connectivity index (χ2v) is 22.2. The van der Waals surface area contributed by atoms with Crippen LogP contribution >= 0.6 is 0 Å². The van der Waals surface area contributed by atoms with Gasteiger partial charge in [-0.1, -0.05) is 239 Å². The number of hydrogen-bond donors (Lipinski definition) is 9. The van der Waals surface area contributed by atoms with E-state index < -0.39 is 86.8 Å². The van der Waals surface area contributed by atoms with Crippen LogP contribution in [-0.4, -0.2) is 140 Å². The van der Waals surface area contributed by atoms with Crippen molar-refractivity contribution in [2.24, 2.45) is 0 Å². The Morgan fingerprint density at radius 2 is 0.852 bits per heavy atom. The lowest BCUT2D eigenvalue weighted by atomic mass is 9.97. The molecule has 81 heavy (non-hydrogen) atoms. The van der Waals surface area contributed by atoms with Gasteiger partial charge in [-0.15, -0.1) is 0 Å². The molecule has 466 valence electrons. The fourth-order valence-corrected chi connectivity index (χ4v) is 9.96.